The molecule has 0 aromatic heterocycles. The van der Waals surface area contributed by atoms with E-state index in [9.17, 15) is 41.8 Å². The lowest BCUT2D eigenvalue weighted by atomic mass is 9.76. The lowest BCUT2D eigenvalue weighted by molar-refractivity contribution is -0.286. The molecule has 0 spiro atoms. The smallest absolute Gasteiger partial charge is 0.492 e. The van der Waals surface area contributed by atoms with Gasteiger partial charge in [0.25, 0.3) is 0 Å². The Kier molecular flexibility index (Phi) is 7.81. The Labute approximate surface area is 270 Å². The zero-order valence-electron chi connectivity index (χ0n) is 25.6. The van der Waals surface area contributed by atoms with Crippen molar-refractivity contribution in [2.24, 2.45) is 11.8 Å². The number of hydrogen-bond acceptors (Lipinski definition) is 9. The van der Waals surface area contributed by atoms with Gasteiger partial charge in [-0.1, -0.05) is 0 Å². The van der Waals surface area contributed by atoms with Crippen LogP contribution in [0.4, 0.5) is 22.0 Å². The van der Waals surface area contributed by atoms with Gasteiger partial charge in [0.15, 0.2) is 11.5 Å². The summed E-state index contributed by atoms with van der Waals surface area (Å²) in [6.45, 7) is 1.60. The Morgan fingerprint density at radius 1 is 0.958 bits per heavy atom. The van der Waals surface area contributed by atoms with E-state index in [2.05, 4.69) is 19.5 Å². The maximum absolute atomic E-state index is 14.0. The Balaban J connectivity index is 1.10. The monoisotopic (exact) mass is 684 g/mol. The molecular weight excluding hydrogens is 651 g/mol. The molecule has 11 nitrogen and oxygen atoms in total. The SMILES string of the molecule is CC1(C(=O)N[C@@H]2C[C@H](C3CCC(C(=O)N4C[C@@H](O)[C@H](O)C4)CC3)Oc3cc(OC(F)(F)F)ccc32)COc2cc3c(cc21)OC(F)(F)O3. The molecule has 1 saturated carbocycles. The van der Waals surface area contributed by atoms with Crippen LogP contribution in [0.5, 0.6) is 28.7 Å². The number of aliphatic hydroxyl groups excluding tert-OH is 2. The minimum absolute atomic E-state index is 0.0658. The number of nitrogens with one attached hydrogen (secondary N) is 1. The fourth-order valence-corrected chi connectivity index (χ4v) is 7.38. The third kappa shape index (κ3) is 6.04. The first-order valence-corrected chi connectivity index (χ1v) is 15.7. The third-order valence-electron chi connectivity index (χ3n) is 9.98. The topological polar surface area (TPSA) is 136 Å². The summed E-state index contributed by atoms with van der Waals surface area (Å²) < 4.78 is 91.7. The lowest BCUT2D eigenvalue weighted by Crippen LogP contribution is -2.47. The van der Waals surface area contributed by atoms with Gasteiger partial charge >= 0.3 is 12.7 Å². The average molecular weight is 685 g/mol. The van der Waals surface area contributed by atoms with E-state index in [1.54, 1.807) is 6.92 Å². The van der Waals surface area contributed by atoms with Crippen molar-refractivity contribution in [2.45, 2.75) is 81.5 Å². The van der Waals surface area contributed by atoms with Crippen molar-refractivity contribution in [3.05, 3.63) is 41.5 Å². The number of fused-ring (bicyclic) bond motifs is 3. The molecule has 3 N–H and O–H groups in total. The van der Waals surface area contributed by atoms with Gasteiger partial charge in [0.2, 0.25) is 11.8 Å². The predicted octanol–water partition coefficient (Wildman–Crippen LogP) is 3.94. The van der Waals surface area contributed by atoms with Gasteiger partial charge in [-0.25, -0.2) is 0 Å². The number of ether oxygens (including phenoxy) is 5. The second kappa shape index (κ2) is 11.5. The van der Waals surface area contributed by atoms with E-state index in [0.29, 0.717) is 36.8 Å². The average Bonchev–Trinajstić information content (AvgIpc) is 3.64. The predicted molar refractivity (Wildman–Crippen MR) is 153 cm³/mol. The van der Waals surface area contributed by atoms with E-state index in [1.807, 2.05) is 0 Å². The maximum Gasteiger partial charge on any atom is 0.586 e. The molecule has 2 fully saturated rings. The second-order valence-electron chi connectivity index (χ2n) is 13.2. The summed E-state index contributed by atoms with van der Waals surface area (Å²) in [5.41, 5.74) is -0.607. The molecule has 5 aliphatic rings. The van der Waals surface area contributed by atoms with E-state index in [4.69, 9.17) is 9.47 Å². The van der Waals surface area contributed by atoms with Crippen LogP contribution in [0.1, 0.15) is 56.2 Å². The van der Waals surface area contributed by atoms with Crippen LogP contribution in [0.15, 0.2) is 30.3 Å². The van der Waals surface area contributed by atoms with E-state index in [1.165, 1.54) is 23.1 Å². The number of halogens is 5. The molecule has 4 heterocycles. The number of carbonyl (C=O) groups is 2. The van der Waals surface area contributed by atoms with Crippen molar-refractivity contribution in [3.8, 4) is 28.7 Å². The van der Waals surface area contributed by atoms with E-state index >= 15 is 0 Å². The summed E-state index contributed by atoms with van der Waals surface area (Å²) in [4.78, 5) is 28.5. The van der Waals surface area contributed by atoms with Gasteiger partial charge in [0.05, 0.1) is 18.2 Å². The number of hydrogen-bond donors (Lipinski definition) is 3. The minimum atomic E-state index is -4.94. The van der Waals surface area contributed by atoms with Gasteiger partial charge in [-0.2, -0.15) is 0 Å². The Morgan fingerprint density at radius 3 is 2.29 bits per heavy atom. The molecule has 0 radical (unpaired) electrons. The molecule has 5 atom stereocenters. The maximum atomic E-state index is 14.0. The number of carbonyl (C=O) groups excluding carboxylic acids is 2. The zero-order valence-corrected chi connectivity index (χ0v) is 25.6. The highest BCUT2D eigenvalue weighted by molar-refractivity contribution is 5.90. The van der Waals surface area contributed by atoms with Crippen LogP contribution in [-0.4, -0.2) is 77.6 Å². The zero-order chi connectivity index (χ0) is 34.2. The lowest BCUT2D eigenvalue weighted by Gasteiger charge is -2.40. The molecule has 16 heteroatoms. The number of likely N-dealkylation sites (tertiary alicyclic amines) is 1. The number of amides is 2. The quantitative estimate of drug-likeness (QED) is 0.401. The first-order chi connectivity index (χ1) is 22.6. The Bertz CT molecular complexity index is 1600. The highest BCUT2D eigenvalue weighted by Gasteiger charge is 2.50. The van der Waals surface area contributed by atoms with Gasteiger partial charge in [0.1, 0.15) is 35.4 Å². The van der Waals surface area contributed by atoms with Gasteiger partial charge in [-0.05, 0) is 56.7 Å². The number of nitrogens with zero attached hydrogens (tertiary/aromatic N) is 1. The number of aliphatic hydroxyl groups is 2. The number of rotatable bonds is 5. The van der Waals surface area contributed by atoms with Crippen molar-refractivity contribution in [1.82, 2.24) is 10.2 Å². The summed E-state index contributed by atoms with van der Waals surface area (Å²) in [6, 6.07) is 5.47. The standard InChI is InChI=1S/C32H33F5N2O9/c1-30(14-44-25-11-27-26(9-19(25)30)47-32(36,37)48-27)29(43)38-20-10-23(45-24-8-17(6-7-18(20)24)46-31(33,34)35)15-2-4-16(5-3-15)28(42)39-12-21(40)22(41)13-39/h6-9,11,15-16,20-23,40-41H,2-5,10,12-14H2,1H3,(H,38,43)/t15?,16?,20-,21-,22-,23-,30?/m1/s1. The fourth-order valence-electron chi connectivity index (χ4n) is 7.38. The molecule has 48 heavy (non-hydrogen) atoms. The van der Waals surface area contributed by atoms with Gasteiger partial charge in [-0.3, -0.25) is 9.59 Å². The van der Waals surface area contributed by atoms with E-state index in [-0.39, 0.29) is 66.9 Å². The highest BCUT2D eigenvalue weighted by atomic mass is 19.4. The van der Waals surface area contributed by atoms with Crippen molar-refractivity contribution < 1.29 is 65.4 Å². The molecule has 4 aliphatic heterocycles. The summed E-state index contributed by atoms with van der Waals surface area (Å²) in [6.07, 6.45) is -8.91. The number of benzene rings is 2. The number of β-amino-alcohol motifs (C(OH)–C–C–N with tert-alkyl or cyclic N) is 2. The first kappa shape index (κ1) is 32.5. The van der Waals surface area contributed by atoms with Crippen LogP contribution in [-0.2, 0) is 15.0 Å². The molecule has 1 unspecified atom stereocenters. The molecule has 7 rings (SSSR count). The normalized spacial score (nSPS) is 31.7. The molecule has 1 saturated heterocycles. The molecule has 2 aromatic carbocycles. The highest BCUT2D eigenvalue weighted by Crippen LogP contribution is 2.50. The van der Waals surface area contributed by atoms with Crippen LogP contribution in [0.2, 0.25) is 0 Å². The molecule has 0 bridgehead atoms. The molecule has 2 amide bonds. The van der Waals surface area contributed by atoms with Crippen molar-refractivity contribution in [3.63, 3.8) is 0 Å². The fraction of sp³-hybridized carbons (Fsp3) is 0.562. The van der Waals surface area contributed by atoms with Crippen molar-refractivity contribution in [2.75, 3.05) is 19.7 Å². The summed E-state index contributed by atoms with van der Waals surface area (Å²) in [7, 11) is 0. The van der Waals surface area contributed by atoms with E-state index < -0.39 is 54.1 Å². The minimum Gasteiger partial charge on any atom is -0.492 e. The van der Waals surface area contributed by atoms with Crippen molar-refractivity contribution >= 4 is 11.8 Å². The molecule has 1 aliphatic carbocycles. The summed E-state index contributed by atoms with van der Waals surface area (Å²) in [5, 5.41) is 22.7. The van der Waals surface area contributed by atoms with Crippen LogP contribution < -0.4 is 29.0 Å². The van der Waals surface area contributed by atoms with Crippen LogP contribution in [0.25, 0.3) is 0 Å². The second-order valence-corrected chi connectivity index (χ2v) is 13.2. The molecular formula is C32H33F5N2O9. The van der Waals surface area contributed by atoms with Crippen molar-refractivity contribution in [1.29, 1.82) is 0 Å². The largest absolute Gasteiger partial charge is 0.586 e. The van der Waals surface area contributed by atoms with E-state index in [0.717, 1.165) is 12.1 Å². The number of alkyl halides is 5. The summed E-state index contributed by atoms with van der Waals surface area (Å²) >= 11 is 0. The van der Waals surface area contributed by atoms with Gasteiger partial charge in [-0.15, -0.1) is 22.0 Å². The van der Waals surface area contributed by atoms with Gasteiger partial charge in [0, 0.05) is 48.7 Å². The Hall–Kier alpha value is -4.05. The molecule has 2 aromatic rings. The molecule has 260 valence electrons. The Morgan fingerprint density at radius 2 is 1.62 bits per heavy atom. The van der Waals surface area contributed by atoms with Crippen LogP contribution >= 0.6 is 0 Å². The van der Waals surface area contributed by atoms with Crippen LogP contribution in [0.3, 0.4) is 0 Å². The van der Waals surface area contributed by atoms with Gasteiger partial charge < -0.3 is 44.1 Å². The van der Waals surface area contributed by atoms with Crippen LogP contribution in [0, 0.1) is 11.8 Å². The summed E-state index contributed by atoms with van der Waals surface area (Å²) in [5.74, 6) is -1.75. The first-order valence-electron chi connectivity index (χ1n) is 15.7. The third-order valence-corrected chi connectivity index (χ3v) is 9.98.